The Morgan fingerprint density at radius 2 is 1.72 bits per heavy atom. The Hall–Kier alpha value is -1.82. The molecule has 1 aliphatic carbocycles. The number of nitrogens with zero attached hydrogens (tertiary/aromatic N) is 2. The summed E-state index contributed by atoms with van der Waals surface area (Å²) in [6, 6.07) is 21.8. The van der Waals surface area contributed by atoms with Crippen molar-refractivity contribution < 1.29 is 0 Å². The molecule has 2 aromatic carbocycles. The largest absolute Gasteiger partial charge is 0.299 e. The fourth-order valence-corrected chi connectivity index (χ4v) is 5.17. The molecule has 154 valence electrons. The fourth-order valence-electron chi connectivity index (χ4n) is 4.87. The highest BCUT2D eigenvalue weighted by molar-refractivity contribution is 6.31. The Bertz CT molecular complexity index is 807. The van der Waals surface area contributed by atoms with E-state index in [9.17, 15) is 5.26 Å². The van der Waals surface area contributed by atoms with E-state index in [1.54, 1.807) is 0 Å². The third kappa shape index (κ3) is 5.21. The van der Waals surface area contributed by atoms with Crippen molar-refractivity contribution in [2.75, 3.05) is 7.05 Å². The minimum Gasteiger partial charge on any atom is -0.299 e. The van der Waals surface area contributed by atoms with Crippen LogP contribution in [0.3, 0.4) is 0 Å². The van der Waals surface area contributed by atoms with Crippen molar-refractivity contribution in [3.05, 3.63) is 70.7 Å². The molecular weight excluding hydrogens is 376 g/mol. The highest BCUT2D eigenvalue weighted by Crippen LogP contribution is 2.46. The zero-order chi connectivity index (χ0) is 20.7. The van der Waals surface area contributed by atoms with Crippen LogP contribution in [0, 0.1) is 17.2 Å². The minimum atomic E-state index is -0.486. The van der Waals surface area contributed by atoms with Gasteiger partial charge in [0.2, 0.25) is 0 Å². The summed E-state index contributed by atoms with van der Waals surface area (Å²) in [6.07, 6.45) is 7.84. The summed E-state index contributed by atoms with van der Waals surface area (Å²) in [5.74, 6) is 0.396. The monoisotopic (exact) mass is 408 g/mol. The van der Waals surface area contributed by atoms with Gasteiger partial charge in [0.25, 0.3) is 0 Å². The Labute approximate surface area is 181 Å². The van der Waals surface area contributed by atoms with Gasteiger partial charge >= 0.3 is 0 Å². The summed E-state index contributed by atoms with van der Waals surface area (Å²) < 4.78 is 0. The molecule has 3 rings (SSSR count). The van der Waals surface area contributed by atoms with Crippen LogP contribution in [-0.2, 0) is 12.0 Å². The summed E-state index contributed by atoms with van der Waals surface area (Å²) in [5.41, 5.74) is 1.88. The molecule has 0 spiro atoms. The Morgan fingerprint density at radius 3 is 2.38 bits per heavy atom. The van der Waals surface area contributed by atoms with Gasteiger partial charge in [0.1, 0.15) is 0 Å². The molecule has 1 aliphatic rings. The van der Waals surface area contributed by atoms with E-state index in [1.807, 2.05) is 18.2 Å². The fraction of sp³-hybridized carbons (Fsp3) is 0.500. The molecule has 0 saturated heterocycles. The van der Waals surface area contributed by atoms with Crippen LogP contribution in [0.25, 0.3) is 0 Å². The second-order valence-corrected chi connectivity index (χ2v) is 9.09. The van der Waals surface area contributed by atoms with Crippen LogP contribution in [0.2, 0.25) is 5.02 Å². The molecule has 0 radical (unpaired) electrons. The SMILES string of the molecule is CC(CCC(C#N)(c1ccccc1Cl)C1CCCCC1)N(C)Cc1ccccc1. The predicted molar refractivity (Wildman–Crippen MR) is 122 cm³/mol. The van der Waals surface area contributed by atoms with Crippen LogP contribution in [-0.4, -0.2) is 18.0 Å². The first kappa shape index (κ1) is 21.9. The van der Waals surface area contributed by atoms with Gasteiger partial charge in [-0.1, -0.05) is 79.4 Å². The Kier molecular flexibility index (Phi) is 7.76. The van der Waals surface area contributed by atoms with E-state index in [0.29, 0.717) is 12.0 Å². The number of nitriles is 1. The van der Waals surface area contributed by atoms with Crippen molar-refractivity contribution in [3.8, 4) is 6.07 Å². The Morgan fingerprint density at radius 1 is 1.07 bits per heavy atom. The van der Waals surface area contributed by atoms with Crippen LogP contribution in [0.5, 0.6) is 0 Å². The summed E-state index contributed by atoms with van der Waals surface area (Å²) in [6.45, 7) is 3.20. The van der Waals surface area contributed by atoms with E-state index in [-0.39, 0.29) is 0 Å². The van der Waals surface area contributed by atoms with Crippen LogP contribution < -0.4 is 0 Å². The number of hydrogen-bond donors (Lipinski definition) is 0. The lowest BCUT2D eigenvalue weighted by Crippen LogP contribution is -2.38. The molecule has 0 aliphatic heterocycles. The van der Waals surface area contributed by atoms with E-state index >= 15 is 0 Å². The molecule has 0 N–H and O–H groups in total. The highest BCUT2D eigenvalue weighted by Gasteiger charge is 2.42. The number of rotatable bonds is 8. The maximum atomic E-state index is 10.5. The predicted octanol–water partition coefficient (Wildman–Crippen LogP) is 6.98. The maximum Gasteiger partial charge on any atom is 0.0865 e. The van der Waals surface area contributed by atoms with Gasteiger partial charge in [-0.25, -0.2) is 0 Å². The minimum absolute atomic E-state index is 0.396. The first-order valence-corrected chi connectivity index (χ1v) is 11.3. The lowest BCUT2D eigenvalue weighted by molar-refractivity contribution is 0.192. The molecule has 0 aromatic heterocycles. The van der Waals surface area contributed by atoms with Crippen molar-refractivity contribution in [3.63, 3.8) is 0 Å². The van der Waals surface area contributed by atoms with Crippen LogP contribution in [0.4, 0.5) is 0 Å². The van der Waals surface area contributed by atoms with Gasteiger partial charge in [0, 0.05) is 17.6 Å². The molecule has 0 amide bonds. The zero-order valence-corrected chi connectivity index (χ0v) is 18.5. The van der Waals surface area contributed by atoms with E-state index < -0.39 is 5.41 Å². The van der Waals surface area contributed by atoms with E-state index in [4.69, 9.17) is 11.6 Å². The van der Waals surface area contributed by atoms with Crippen molar-refractivity contribution in [2.24, 2.45) is 5.92 Å². The van der Waals surface area contributed by atoms with E-state index in [0.717, 1.165) is 42.8 Å². The molecule has 29 heavy (non-hydrogen) atoms. The molecule has 2 nitrogen and oxygen atoms in total. The molecule has 2 unspecified atom stereocenters. The van der Waals surface area contributed by atoms with Gasteiger partial charge in [-0.05, 0) is 62.8 Å². The van der Waals surface area contributed by atoms with Gasteiger partial charge in [0.05, 0.1) is 11.5 Å². The smallest absolute Gasteiger partial charge is 0.0865 e. The Balaban J connectivity index is 1.78. The van der Waals surface area contributed by atoms with Crippen molar-refractivity contribution >= 4 is 11.6 Å². The normalized spacial score (nSPS) is 18.2. The lowest BCUT2D eigenvalue weighted by atomic mass is 9.63. The van der Waals surface area contributed by atoms with Crippen molar-refractivity contribution in [1.82, 2.24) is 4.90 Å². The molecule has 2 aromatic rings. The first-order chi connectivity index (χ1) is 14.1. The average Bonchev–Trinajstić information content (AvgIpc) is 2.76. The molecule has 0 heterocycles. The van der Waals surface area contributed by atoms with E-state index in [1.165, 1.54) is 24.8 Å². The summed E-state index contributed by atoms with van der Waals surface area (Å²) in [5, 5.41) is 11.2. The van der Waals surface area contributed by atoms with Crippen LogP contribution >= 0.6 is 11.6 Å². The van der Waals surface area contributed by atoms with Gasteiger partial charge in [-0.2, -0.15) is 5.26 Å². The maximum absolute atomic E-state index is 10.5. The van der Waals surface area contributed by atoms with Crippen molar-refractivity contribution in [2.45, 2.75) is 69.9 Å². The molecule has 1 saturated carbocycles. The number of halogens is 1. The summed E-state index contributed by atoms with van der Waals surface area (Å²) >= 11 is 6.63. The highest BCUT2D eigenvalue weighted by atomic mass is 35.5. The molecule has 3 heteroatoms. The van der Waals surface area contributed by atoms with Gasteiger partial charge in [-0.3, -0.25) is 4.90 Å². The zero-order valence-electron chi connectivity index (χ0n) is 17.8. The second kappa shape index (κ2) is 10.3. The van der Waals surface area contributed by atoms with Crippen LogP contribution in [0.1, 0.15) is 63.0 Å². The average molecular weight is 409 g/mol. The van der Waals surface area contributed by atoms with Crippen LogP contribution in [0.15, 0.2) is 54.6 Å². The van der Waals surface area contributed by atoms with Gasteiger partial charge in [-0.15, -0.1) is 0 Å². The van der Waals surface area contributed by atoms with Crippen molar-refractivity contribution in [1.29, 1.82) is 5.26 Å². The topological polar surface area (TPSA) is 27.0 Å². The third-order valence-corrected chi connectivity index (χ3v) is 7.17. The summed E-state index contributed by atoms with van der Waals surface area (Å²) in [7, 11) is 2.18. The molecular formula is C26H33ClN2. The molecule has 1 fully saturated rings. The number of benzene rings is 2. The quantitative estimate of drug-likeness (QED) is 0.470. The number of hydrogen-bond acceptors (Lipinski definition) is 2. The summed E-state index contributed by atoms with van der Waals surface area (Å²) in [4.78, 5) is 2.39. The first-order valence-electron chi connectivity index (χ1n) is 11.0. The van der Waals surface area contributed by atoms with Gasteiger partial charge in [0.15, 0.2) is 0 Å². The van der Waals surface area contributed by atoms with E-state index in [2.05, 4.69) is 61.3 Å². The molecule has 2 atom stereocenters. The second-order valence-electron chi connectivity index (χ2n) is 8.69. The lowest BCUT2D eigenvalue weighted by Gasteiger charge is -2.39. The third-order valence-electron chi connectivity index (χ3n) is 6.84. The van der Waals surface area contributed by atoms with Gasteiger partial charge < -0.3 is 0 Å². The standard InChI is InChI=1S/C26H33ClN2/c1-21(29(2)19-22-11-5-3-6-12-22)17-18-26(20-28,23-13-7-4-8-14-23)24-15-9-10-16-25(24)27/h3,5-6,9-12,15-16,21,23H,4,7-8,13-14,17-19H2,1-2H3. The molecule has 0 bridgehead atoms.